The van der Waals surface area contributed by atoms with Gasteiger partial charge in [-0.25, -0.2) is 13.4 Å². The molecule has 0 bridgehead atoms. The Morgan fingerprint density at radius 1 is 1.00 bits per heavy atom. The SMILES string of the molecule is O=S(=O)(c1cccc(-c2nnc(SCc3cscn3)n2-c2ccccc2)c1)N1CCCC1. The summed E-state index contributed by atoms with van der Waals surface area (Å²) in [5.41, 5.74) is 4.43. The van der Waals surface area contributed by atoms with Crippen molar-refractivity contribution < 1.29 is 8.42 Å². The third kappa shape index (κ3) is 4.23. The van der Waals surface area contributed by atoms with Gasteiger partial charge in [-0.3, -0.25) is 4.57 Å². The van der Waals surface area contributed by atoms with Crippen molar-refractivity contribution in [1.82, 2.24) is 24.1 Å². The number of para-hydroxylation sites is 1. The Morgan fingerprint density at radius 2 is 1.81 bits per heavy atom. The van der Waals surface area contributed by atoms with Crippen LogP contribution in [0.2, 0.25) is 0 Å². The van der Waals surface area contributed by atoms with Gasteiger partial charge in [0.15, 0.2) is 11.0 Å². The van der Waals surface area contributed by atoms with Crippen molar-refractivity contribution in [3.05, 3.63) is 71.2 Å². The number of benzene rings is 2. The summed E-state index contributed by atoms with van der Waals surface area (Å²) in [7, 11) is -3.52. The average molecular weight is 484 g/mol. The van der Waals surface area contributed by atoms with Crippen molar-refractivity contribution in [2.75, 3.05) is 13.1 Å². The van der Waals surface area contributed by atoms with Gasteiger partial charge in [0.05, 0.1) is 16.1 Å². The third-order valence-corrected chi connectivity index (χ3v) is 8.77. The molecule has 4 aromatic rings. The monoisotopic (exact) mass is 483 g/mol. The van der Waals surface area contributed by atoms with Crippen LogP contribution in [-0.4, -0.2) is 45.6 Å². The molecule has 5 rings (SSSR count). The Balaban J connectivity index is 1.55. The van der Waals surface area contributed by atoms with Crippen molar-refractivity contribution in [3.8, 4) is 17.1 Å². The summed E-state index contributed by atoms with van der Waals surface area (Å²) < 4.78 is 29.7. The number of thioether (sulfide) groups is 1. The fraction of sp³-hybridized carbons (Fsp3) is 0.227. The second-order valence-corrected chi connectivity index (χ2v) is 11.0. The molecule has 7 nitrogen and oxygen atoms in total. The highest BCUT2D eigenvalue weighted by Gasteiger charge is 2.28. The van der Waals surface area contributed by atoms with E-state index in [-0.39, 0.29) is 4.90 Å². The van der Waals surface area contributed by atoms with E-state index in [1.807, 2.05) is 51.9 Å². The molecule has 0 N–H and O–H groups in total. The summed E-state index contributed by atoms with van der Waals surface area (Å²) in [5, 5.41) is 11.6. The highest BCUT2D eigenvalue weighted by Crippen LogP contribution is 2.31. The van der Waals surface area contributed by atoms with Crippen LogP contribution in [0.5, 0.6) is 0 Å². The molecule has 32 heavy (non-hydrogen) atoms. The topological polar surface area (TPSA) is 81.0 Å². The quantitative estimate of drug-likeness (QED) is 0.361. The Kier molecular flexibility index (Phi) is 6.09. The molecule has 1 fully saturated rings. The number of aromatic nitrogens is 4. The molecule has 1 saturated heterocycles. The van der Waals surface area contributed by atoms with Gasteiger partial charge in [-0.05, 0) is 37.1 Å². The lowest BCUT2D eigenvalue weighted by Gasteiger charge is -2.16. The van der Waals surface area contributed by atoms with E-state index in [4.69, 9.17) is 0 Å². The predicted octanol–water partition coefficient (Wildman–Crippen LogP) is 4.47. The maximum Gasteiger partial charge on any atom is 0.243 e. The summed E-state index contributed by atoms with van der Waals surface area (Å²) in [6.45, 7) is 1.15. The van der Waals surface area contributed by atoms with E-state index in [9.17, 15) is 8.42 Å². The van der Waals surface area contributed by atoms with Crippen LogP contribution in [0.15, 0.2) is 75.5 Å². The van der Waals surface area contributed by atoms with E-state index >= 15 is 0 Å². The van der Waals surface area contributed by atoms with Gasteiger partial charge in [-0.15, -0.1) is 21.5 Å². The van der Waals surface area contributed by atoms with Gasteiger partial charge < -0.3 is 0 Å². The molecule has 0 amide bonds. The van der Waals surface area contributed by atoms with E-state index in [0.29, 0.717) is 30.2 Å². The van der Waals surface area contributed by atoms with E-state index in [1.54, 1.807) is 45.6 Å². The van der Waals surface area contributed by atoms with Gasteiger partial charge in [-0.2, -0.15) is 4.31 Å². The van der Waals surface area contributed by atoms with E-state index in [2.05, 4.69) is 15.2 Å². The average Bonchev–Trinajstić information content (AvgIpc) is 3.60. The van der Waals surface area contributed by atoms with E-state index in [1.165, 1.54) is 0 Å². The number of sulfonamides is 1. The molecule has 0 aliphatic carbocycles. The minimum absolute atomic E-state index is 0.288. The van der Waals surface area contributed by atoms with Crippen LogP contribution in [0.3, 0.4) is 0 Å². The Morgan fingerprint density at radius 3 is 2.56 bits per heavy atom. The van der Waals surface area contributed by atoms with Gasteiger partial charge in [0.25, 0.3) is 0 Å². The predicted molar refractivity (Wildman–Crippen MR) is 126 cm³/mol. The van der Waals surface area contributed by atoms with Crippen molar-refractivity contribution in [2.45, 2.75) is 28.6 Å². The van der Waals surface area contributed by atoms with Crippen LogP contribution in [0.25, 0.3) is 17.1 Å². The first kappa shape index (κ1) is 21.3. The van der Waals surface area contributed by atoms with Crippen molar-refractivity contribution in [3.63, 3.8) is 0 Å². The van der Waals surface area contributed by atoms with Crippen molar-refractivity contribution >= 4 is 33.1 Å². The first-order valence-corrected chi connectivity index (χ1v) is 13.6. The maximum atomic E-state index is 13.1. The summed E-state index contributed by atoms with van der Waals surface area (Å²) in [4.78, 5) is 4.63. The fourth-order valence-corrected chi connectivity index (χ4v) is 6.76. The Hall–Kier alpha value is -2.53. The molecule has 0 radical (unpaired) electrons. The van der Waals surface area contributed by atoms with Crippen molar-refractivity contribution in [1.29, 1.82) is 0 Å². The number of hydrogen-bond acceptors (Lipinski definition) is 7. The zero-order valence-corrected chi connectivity index (χ0v) is 19.6. The van der Waals surface area contributed by atoms with Crippen LogP contribution in [-0.2, 0) is 15.8 Å². The molecule has 0 atom stereocenters. The lowest BCUT2D eigenvalue weighted by molar-refractivity contribution is 0.477. The standard InChI is InChI=1S/C22H21N5O2S3/c28-32(29,26-11-4-5-12-26)20-10-6-7-17(13-20)21-24-25-22(31-15-18-14-30-16-23-18)27(21)19-8-2-1-3-9-19/h1-3,6-10,13-14,16H,4-5,11-12,15H2. The number of rotatable bonds is 7. The van der Waals surface area contributed by atoms with Crippen molar-refractivity contribution in [2.24, 2.45) is 0 Å². The number of thiazole rings is 1. The second kappa shape index (κ2) is 9.14. The minimum atomic E-state index is -3.52. The molecule has 1 aliphatic heterocycles. The molecule has 10 heteroatoms. The van der Waals surface area contributed by atoms with Crippen LogP contribution in [0.4, 0.5) is 0 Å². The molecule has 0 spiro atoms. The van der Waals surface area contributed by atoms with Crippen LogP contribution >= 0.6 is 23.1 Å². The number of nitrogens with zero attached hydrogens (tertiary/aromatic N) is 5. The molecular weight excluding hydrogens is 462 g/mol. The summed E-state index contributed by atoms with van der Waals surface area (Å²) in [6.07, 6.45) is 1.81. The lowest BCUT2D eigenvalue weighted by Crippen LogP contribution is -2.27. The van der Waals surface area contributed by atoms with E-state index < -0.39 is 10.0 Å². The van der Waals surface area contributed by atoms with Gasteiger partial charge in [-0.1, -0.05) is 42.1 Å². The molecular formula is C22H21N5O2S3. The molecule has 0 unspecified atom stereocenters. The maximum absolute atomic E-state index is 13.1. The summed E-state index contributed by atoms with van der Waals surface area (Å²) in [6, 6.07) is 16.9. The van der Waals surface area contributed by atoms with Gasteiger partial charge in [0, 0.05) is 35.5 Å². The highest BCUT2D eigenvalue weighted by atomic mass is 32.2. The summed E-state index contributed by atoms with van der Waals surface area (Å²) >= 11 is 3.12. The van der Waals surface area contributed by atoms with Crippen LogP contribution < -0.4 is 0 Å². The number of hydrogen-bond donors (Lipinski definition) is 0. The largest absolute Gasteiger partial charge is 0.270 e. The normalized spacial score (nSPS) is 14.8. The van der Waals surface area contributed by atoms with Gasteiger partial charge in [0.2, 0.25) is 10.0 Å². The first-order chi connectivity index (χ1) is 15.6. The molecule has 0 saturated carbocycles. The molecule has 1 aliphatic rings. The second-order valence-electron chi connectivity index (χ2n) is 7.38. The highest BCUT2D eigenvalue weighted by molar-refractivity contribution is 7.98. The Labute approximate surface area is 195 Å². The fourth-order valence-electron chi connectivity index (χ4n) is 3.68. The molecule has 2 aromatic heterocycles. The first-order valence-electron chi connectivity index (χ1n) is 10.2. The third-order valence-electron chi connectivity index (χ3n) is 5.28. The Bertz CT molecular complexity index is 1300. The zero-order chi connectivity index (χ0) is 22.0. The zero-order valence-electron chi connectivity index (χ0n) is 17.2. The molecule has 2 aromatic carbocycles. The lowest BCUT2D eigenvalue weighted by atomic mass is 10.2. The van der Waals surface area contributed by atoms with Gasteiger partial charge in [0.1, 0.15) is 0 Å². The molecule has 3 heterocycles. The summed E-state index contributed by atoms with van der Waals surface area (Å²) in [5.74, 6) is 1.29. The van der Waals surface area contributed by atoms with E-state index in [0.717, 1.165) is 29.4 Å². The smallest absolute Gasteiger partial charge is 0.243 e. The van der Waals surface area contributed by atoms with Gasteiger partial charge >= 0.3 is 0 Å². The van der Waals surface area contributed by atoms with Crippen LogP contribution in [0, 0.1) is 0 Å². The van der Waals surface area contributed by atoms with Crippen LogP contribution in [0.1, 0.15) is 18.5 Å². The molecule has 164 valence electrons. The minimum Gasteiger partial charge on any atom is -0.270 e.